The molecule has 0 amide bonds. The third kappa shape index (κ3) is 1.16. The summed E-state index contributed by atoms with van der Waals surface area (Å²) in [5.74, 6) is 0.920. The van der Waals surface area contributed by atoms with Crippen molar-refractivity contribution in [2.24, 2.45) is 0 Å². The molecule has 1 unspecified atom stereocenters. The van der Waals surface area contributed by atoms with Gasteiger partial charge in [-0.2, -0.15) is 0 Å². The molecular weight excluding hydrogens is 176 g/mol. The molecule has 0 N–H and O–H groups in total. The molecule has 1 aliphatic heterocycles. The summed E-state index contributed by atoms with van der Waals surface area (Å²) >= 11 is 0. The maximum Gasteiger partial charge on any atom is 0.189 e. The largest absolute Gasteiger partial charge is 0.469 e. The van der Waals surface area contributed by atoms with Crippen molar-refractivity contribution in [3.8, 4) is 0 Å². The summed E-state index contributed by atoms with van der Waals surface area (Å²) in [5.41, 5.74) is 2.39. The van der Waals surface area contributed by atoms with Crippen LogP contribution in [0.3, 0.4) is 0 Å². The van der Waals surface area contributed by atoms with E-state index in [-0.39, 0.29) is 6.10 Å². The van der Waals surface area contributed by atoms with Crippen molar-refractivity contribution in [2.75, 3.05) is 6.79 Å². The Hall–Kier alpha value is -1.54. The maximum absolute atomic E-state index is 5.40. The lowest BCUT2D eigenvalue weighted by atomic mass is 9.97. The summed E-state index contributed by atoms with van der Waals surface area (Å²) in [7, 11) is 0. The van der Waals surface area contributed by atoms with E-state index in [0.29, 0.717) is 6.79 Å². The van der Waals surface area contributed by atoms with Crippen molar-refractivity contribution in [3.05, 3.63) is 59.4 Å². The van der Waals surface area contributed by atoms with Gasteiger partial charge in [0.1, 0.15) is 11.9 Å². The second kappa shape index (κ2) is 3.00. The molecule has 0 aromatic rings. The molecule has 1 saturated heterocycles. The van der Waals surface area contributed by atoms with E-state index in [1.807, 2.05) is 24.3 Å². The summed E-state index contributed by atoms with van der Waals surface area (Å²) in [6, 6.07) is 0. The lowest BCUT2D eigenvalue weighted by Crippen LogP contribution is -2.09. The Bertz CT molecular complexity index is 408. The fraction of sp³-hybridized carbons (Fsp3) is 0.167. The summed E-state index contributed by atoms with van der Waals surface area (Å²) in [6.45, 7) is 0.368. The molecule has 14 heavy (non-hydrogen) atoms. The average Bonchev–Trinajstić information content (AvgIpc) is 2.51. The third-order valence-corrected chi connectivity index (χ3v) is 2.49. The Balaban J connectivity index is 2.07. The van der Waals surface area contributed by atoms with Gasteiger partial charge in [0.15, 0.2) is 6.79 Å². The normalized spacial score (nSPS) is 28.0. The summed E-state index contributed by atoms with van der Waals surface area (Å²) < 4.78 is 10.8. The maximum atomic E-state index is 5.40. The Morgan fingerprint density at radius 1 is 1.14 bits per heavy atom. The van der Waals surface area contributed by atoms with E-state index in [4.69, 9.17) is 9.47 Å². The van der Waals surface area contributed by atoms with Gasteiger partial charge in [0, 0.05) is 0 Å². The third-order valence-electron chi connectivity index (χ3n) is 2.49. The summed E-state index contributed by atoms with van der Waals surface area (Å²) in [6.07, 6.45) is 14.4. The lowest BCUT2D eigenvalue weighted by Gasteiger charge is -2.14. The molecule has 2 nitrogen and oxygen atoms in total. The van der Waals surface area contributed by atoms with Crippen molar-refractivity contribution in [3.63, 3.8) is 0 Å². The van der Waals surface area contributed by atoms with Crippen LogP contribution in [0, 0.1) is 0 Å². The van der Waals surface area contributed by atoms with Crippen LogP contribution >= 0.6 is 0 Å². The van der Waals surface area contributed by atoms with Crippen LogP contribution in [0.2, 0.25) is 0 Å². The molecule has 1 heterocycles. The number of allylic oxidation sites excluding steroid dienone is 8. The zero-order chi connectivity index (χ0) is 9.38. The number of rotatable bonds is 0. The zero-order valence-electron chi connectivity index (χ0n) is 7.64. The summed E-state index contributed by atoms with van der Waals surface area (Å²) in [5, 5.41) is 0. The highest BCUT2D eigenvalue weighted by molar-refractivity contribution is 5.55. The topological polar surface area (TPSA) is 18.5 Å². The number of hydrogen-bond acceptors (Lipinski definition) is 2. The van der Waals surface area contributed by atoms with Crippen LogP contribution in [0.1, 0.15) is 0 Å². The fourth-order valence-electron chi connectivity index (χ4n) is 1.77. The van der Waals surface area contributed by atoms with Gasteiger partial charge in [-0.3, -0.25) is 0 Å². The SMILES string of the molecule is C1=CC=C2C=C3OCOC3C=C2C=C1. The van der Waals surface area contributed by atoms with Gasteiger partial charge in [-0.25, -0.2) is 0 Å². The average molecular weight is 186 g/mol. The van der Waals surface area contributed by atoms with Gasteiger partial charge >= 0.3 is 0 Å². The van der Waals surface area contributed by atoms with Gasteiger partial charge in [-0.15, -0.1) is 0 Å². The number of ether oxygens (including phenoxy) is 2. The van der Waals surface area contributed by atoms with Gasteiger partial charge in [-0.05, 0) is 23.3 Å². The molecule has 0 bridgehead atoms. The minimum Gasteiger partial charge on any atom is -0.469 e. The Kier molecular flexibility index (Phi) is 1.67. The van der Waals surface area contributed by atoms with E-state index < -0.39 is 0 Å². The van der Waals surface area contributed by atoms with Crippen LogP contribution in [-0.2, 0) is 9.47 Å². The first kappa shape index (κ1) is 7.83. The van der Waals surface area contributed by atoms with Crippen LogP contribution in [0.15, 0.2) is 59.4 Å². The predicted octanol–water partition coefficient (Wildman–Crippen LogP) is 2.24. The minimum absolute atomic E-state index is 0.0184. The van der Waals surface area contributed by atoms with E-state index >= 15 is 0 Å². The second-order valence-electron chi connectivity index (χ2n) is 3.38. The first-order chi connectivity index (χ1) is 6.93. The molecule has 0 aromatic carbocycles. The molecule has 1 atom stereocenters. The highest BCUT2D eigenvalue weighted by Crippen LogP contribution is 2.30. The molecule has 0 aromatic heterocycles. The molecule has 3 rings (SSSR count). The quantitative estimate of drug-likeness (QED) is 0.577. The van der Waals surface area contributed by atoms with E-state index in [2.05, 4.69) is 18.2 Å². The fourth-order valence-corrected chi connectivity index (χ4v) is 1.77. The van der Waals surface area contributed by atoms with Gasteiger partial charge < -0.3 is 9.47 Å². The van der Waals surface area contributed by atoms with Crippen LogP contribution in [-0.4, -0.2) is 12.9 Å². The van der Waals surface area contributed by atoms with Crippen molar-refractivity contribution in [1.82, 2.24) is 0 Å². The van der Waals surface area contributed by atoms with E-state index in [1.54, 1.807) is 0 Å². The van der Waals surface area contributed by atoms with Gasteiger partial charge in [0.2, 0.25) is 0 Å². The highest BCUT2D eigenvalue weighted by Gasteiger charge is 2.26. The number of hydrogen-bond donors (Lipinski definition) is 0. The minimum atomic E-state index is 0.0184. The van der Waals surface area contributed by atoms with Crippen molar-refractivity contribution >= 4 is 0 Å². The van der Waals surface area contributed by atoms with Crippen molar-refractivity contribution < 1.29 is 9.47 Å². The Morgan fingerprint density at radius 2 is 2.14 bits per heavy atom. The van der Waals surface area contributed by atoms with Crippen LogP contribution < -0.4 is 0 Å². The summed E-state index contributed by atoms with van der Waals surface area (Å²) in [4.78, 5) is 0. The first-order valence-electron chi connectivity index (χ1n) is 4.67. The highest BCUT2D eigenvalue weighted by atomic mass is 16.7. The Morgan fingerprint density at radius 3 is 3.14 bits per heavy atom. The molecule has 0 spiro atoms. The standard InChI is InChI=1S/C12H10O2/c1-2-4-9-6-11-12(14-8-13-11)7-10(9)5-3-1/h1-7,11H,8H2. The van der Waals surface area contributed by atoms with Crippen LogP contribution in [0.25, 0.3) is 0 Å². The van der Waals surface area contributed by atoms with Gasteiger partial charge in [-0.1, -0.05) is 30.4 Å². The van der Waals surface area contributed by atoms with Crippen LogP contribution in [0.4, 0.5) is 0 Å². The van der Waals surface area contributed by atoms with Crippen LogP contribution in [0.5, 0.6) is 0 Å². The zero-order valence-corrected chi connectivity index (χ0v) is 7.64. The second-order valence-corrected chi connectivity index (χ2v) is 3.38. The van der Waals surface area contributed by atoms with E-state index in [1.165, 1.54) is 11.1 Å². The van der Waals surface area contributed by atoms with Gasteiger partial charge in [0.25, 0.3) is 0 Å². The predicted molar refractivity (Wildman–Crippen MR) is 53.4 cm³/mol. The Labute approximate surface area is 82.5 Å². The molecule has 2 heteroatoms. The van der Waals surface area contributed by atoms with E-state index in [0.717, 1.165) is 5.76 Å². The number of fused-ring (bicyclic) bond motifs is 2. The van der Waals surface area contributed by atoms with E-state index in [9.17, 15) is 0 Å². The molecule has 2 aliphatic carbocycles. The molecule has 70 valence electrons. The molecule has 0 saturated carbocycles. The molecular formula is C12H10O2. The monoisotopic (exact) mass is 186 g/mol. The molecule has 3 aliphatic rings. The van der Waals surface area contributed by atoms with Crippen molar-refractivity contribution in [1.29, 1.82) is 0 Å². The van der Waals surface area contributed by atoms with Crippen molar-refractivity contribution in [2.45, 2.75) is 6.10 Å². The molecule has 1 fully saturated rings. The van der Waals surface area contributed by atoms with Gasteiger partial charge in [0.05, 0.1) is 0 Å². The smallest absolute Gasteiger partial charge is 0.189 e. The first-order valence-corrected chi connectivity index (χ1v) is 4.67. The molecule has 0 radical (unpaired) electrons. The lowest BCUT2D eigenvalue weighted by molar-refractivity contribution is 0.0629.